The zero-order chi connectivity index (χ0) is 12.4. The molecule has 1 aromatic rings. The van der Waals surface area contributed by atoms with Gasteiger partial charge in [-0.1, -0.05) is 0 Å². The van der Waals surface area contributed by atoms with Crippen molar-refractivity contribution in [3.63, 3.8) is 0 Å². The number of nitrogen functional groups attached to an aromatic ring is 1. The largest absolute Gasteiger partial charge is 0.495 e. The van der Waals surface area contributed by atoms with Gasteiger partial charge in [0.05, 0.1) is 25.1 Å². The fraction of sp³-hybridized carbons (Fsp3) is 0.333. The lowest BCUT2D eigenvalue weighted by Gasteiger charge is -2.06. The highest BCUT2D eigenvalue weighted by Gasteiger charge is 2.22. The van der Waals surface area contributed by atoms with Gasteiger partial charge in [-0.15, -0.1) is 0 Å². The van der Waals surface area contributed by atoms with Gasteiger partial charge in [-0.2, -0.15) is 0 Å². The van der Waals surface area contributed by atoms with Gasteiger partial charge in [0.25, 0.3) is 0 Å². The third-order valence-corrected chi connectivity index (χ3v) is 2.56. The van der Waals surface area contributed by atoms with Crippen LogP contribution in [0.15, 0.2) is 17.1 Å². The molecule has 90 valence electrons. The van der Waals surface area contributed by atoms with E-state index in [1.165, 1.54) is 0 Å². The molecule has 0 saturated heterocycles. The van der Waals surface area contributed by atoms with Crippen molar-refractivity contribution in [3.05, 3.63) is 17.7 Å². The summed E-state index contributed by atoms with van der Waals surface area (Å²) in [5.41, 5.74) is 8.34. The SMILES string of the molecule is CCOC(=O)C1=Nc2cc(N)c(OC)cc2C1. The molecule has 1 aliphatic heterocycles. The highest BCUT2D eigenvalue weighted by atomic mass is 16.5. The second-order valence-corrected chi connectivity index (χ2v) is 3.68. The summed E-state index contributed by atoms with van der Waals surface area (Å²) in [6, 6.07) is 3.51. The van der Waals surface area contributed by atoms with Crippen molar-refractivity contribution in [2.45, 2.75) is 13.3 Å². The zero-order valence-corrected chi connectivity index (χ0v) is 9.82. The molecule has 0 radical (unpaired) electrons. The number of hydrogen-bond acceptors (Lipinski definition) is 5. The highest BCUT2D eigenvalue weighted by molar-refractivity contribution is 6.38. The minimum absolute atomic E-state index is 0.347. The molecule has 0 bridgehead atoms. The second kappa shape index (κ2) is 4.45. The average molecular weight is 234 g/mol. The maximum absolute atomic E-state index is 11.5. The minimum Gasteiger partial charge on any atom is -0.495 e. The molecule has 5 nitrogen and oxygen atoms in total. The van der Waals surface area contributed by atoms with Crippen molar-refractivity contribution in [1.29, 1.82) is 0 Å². The van der Waals surface area contributed by atoms with Gasteiger partial charge in [0.2, 0.25) is 0 Å². The smallest absolute Gasteiger partial charge is 0.353 e. The van der Waals surface area contributed by atoms with Crippen LogP contribution in [0.4, 0.5) is 11.4 Å². The molecule has 5 heteroatoms. The molecule has 17 heavy (non-hydrogen) atoms. The van der Waals surface area contributed by atoms with E-state index in [-0.39, 0.29) is 5.97 Å². The Morgan fingerprint density at radius 1 is 1.53 bits per heavy atom. The topological polar surface area (TPSA) is 73.9 Å². The number of rotatable bonds is 3. The van der Waals surface area contributed by atoms with Crippen molar-refractivity contribution in [2.24, 2.45) is 4.99 Å². The van der Waals surface area contributed by atoms with E-state index in [0.29, 0.717) is 35.9 Å². The lowest BCUT2D eigenvalue weighted by Crippen LogP contribution is -2.17. The monoisotopic (exact) mass is 234 g/mol. The normalized spacial score (nSPS) is 12.9. The first kappa shape index (κ1) is 11.4. The Balaban J connectivity index is 2.28. The fourth-order valence-corrected chi connectivity index (χ4v) is 1.75. The van der Waals surface area contributed by atoms with Crippen LogP contribution in [-0.2, 0) is 16.0 Å². The minimum atomic E-state index is -0.374. The number of aliphatic imine (C=N–C) groups is 1. The first-order chi connectivity index (χ1) is 8.15. The lowest BCUT2D eigenvalue weighted by atomic mass is 10.1. The summed E-state index contributed by atoms with van der Waals surface area (Å²) in [6.07, 6.45) is 0.463. The van der Waals surface area contributed by atoms with Crippen LogP contribution in [0.5, 0.6) is 5.75 Å². The number of esters is 1. The van der Waals surface area contributed by atoms with Crippen LogP contribution < -0.4 is 10.5 Å². The van der Waals surface area contributed by atoms with Crippen LogP contribution in [0.1, 0.15) is 12.5 Å². The molecule has 0 aliphatic carbocycles. The number of ether oxygens (including phenoxy) is 2. The van der Waals surface area contributed by atoms with E-state index in [0.717, 1.165) is 5.56 Å². The van der Waals surface area contributed by atoms with Gasteiger partial charge >= 0.3 is 5.97 Å². The number of nitrogens with two attached hydrogens (primary N) is 1. The van der Waals surface area contributed by atoms with E-state index in [2.05, 4.69) is 4.99 Å². The predicted molar refractivity (Wildman–Crippen MR) is 64.8 cm³/mol. The Morgan fingerprint density at radius 3 is 2.94 bits per heavy atom. The summed E-state index contributed by atoms with van der Waals surface area (Å²) >= 11 is 0. The Kier molecular flexibility index (Phi) is 2.99. The molecule has 0 aromatic heterocycles. The Bertz CT molecular complexity index is 495. The van der Waals surface area contributed by atoms with Crippen LogP contribution in [-0.4, -0.2) is 25.4 Å². The van der Waals surface area contributed by atoms with Crippen LogP contribution in [0.25, 0.3) is 0 Å². The Morgan fingerprint density at radius 2 is 2.29 bits per heavy atom. The van der Waals surface area contributed by atoms with E-state index in [1.54, 1.807) is 26.2 Å². The molecule has 1 aliphatic rings. The molecule has 0 fully saturated rings. The molecule has 0 amide bonds. The molecule has 1 aromatic carbocycles. The van der Waals surface area contributed by atoms with Crippen LogP contribution in [0.2, 0.25) is 0 Å². The van der Waals surface area contributed by atoms with E-state index in [1.807, 2.05) is 0 Å². The Labute approximate surface area is 99.2 Å². The van der Waals surface area contributed by atoms with Crippen LogP contribution >= 0.6 is 0 Å². The third kappa shape index (κ3) is 2.08. The summed E-state index contributed by atoms with van der Waals surface area (Å²) in [5.74, 6) is 0.227. The number of anilines is 1. The van der Waals surface area contributed by atoms with E-state index in [9.17, 15) is 4.79 Å². The first-order valence-corrected chi connectivity index (χ1v) is 5.36. The highest BCUT2D eigenvalue weighted by Crippen LogP contribution is 2.35. The maximum Gasteiger partial charge on any atom is 0.353 e. The maximum atomic E-state index is 11.5. The number of nitrogens with zero attached hydrogens (tertiary/aromatic N) is 1. The second-order valence-electron chi connectivity index (χ2n) is 3.68. The summed E-state index contributed by atoms with van der Waals surface area (Å²) in [7, 11) is 1.56. The fourth-order valence-electron chi connectivity index (χ4n) is 1.75. The number of methoxy groups -OCH3 is 1. The molecule has 1 heterocycles. The molecule has 0 spiro atoms. The molecule has 2 rings (SSSR count). The molecular formula is C12H14N2O3. The Hall–Kier alpha value is -2.04. The zero-order valence-electron chi connectivity index (χ0n) is 9.82. The van der Waals surface area contributed by atoms with Gasteiger partial charge in [0.15, 0.2) is 0 Å². The van der Waals surface area contributed by atoms with Gasteiger partial charge in [0.1, 0.15) is 11.5 Å². The predicted octanol–water partition coefficient (Wildman–Crippen LogP) is 1.47. The lowest BCUT2D eigenvalue weighted by molar-refractivity contribution is -0.135. The first-order valence-electron chi connectivity index (χ1n) is 5.36. The van der Waals surface area contributed by atoms with E-state index >= 15 is 0 Å². The quantitative estimate of drug-likeness (QED) is 0.634. The van der Waals surface area contributed by atoms with Gasteiger partial charge < -0.3 is 15.2 Å². The number of hydrogen-bond donors (Lipinski definition) is 1. The van der Waals surface area contributed by atoms with Gasteiger partial charge in [-0.3, -0.25) is 0 Å². The third-order valence-electron chi connectivity index (χ3n) is 2.56. The van der Waals surface area contributed by atoms with E-state index < -0.39 is 0 Å². The average Bonchev–Trinajstić information content (AvgIpc) is 2.71. The summed E-state index contributed by atoms with van der Waals surface area (Å²) in [6.45, 7) is 2.11. The summed E-state index contributed by atoms with van der Waals surface area (Å²) in [5, 5.41) is 0. The van der Waals surface area contributed by atoms with Gasteiger partial charge in [-0.05, 0) is 24.6 Å². The van der Waals surface area contributed by atoms with Crippen molar-refractivity contribution in [1.82, 2.24) is 0 Å². The molecular weight excluding hydrogens is 220 g/mol. The number of fused-ring (bicyclic) bond motifs is 1. The number of carbonyl (C=O) groups is 1. The summed E-state index contributed by atoms with van der Waals surface area (Å²) < 4.78 is 10.0. The van der Waals surface area contributed by atoms with E-state index in [4.69, 9.17) is 15.2 Å². The summed E-state index contributed by atoms with van der Waals surface area (Å²) in [4.78, 5) is 15.8. The van der Waals surface area contributed by atoms with Gasteiger partial charge in [-0.25, -0.2) is 9.79 Å². The molecule has 0 atom stereocenters. The standard InChI is InChI=1S/C12H14N2O3/c1-3-17-12(15)10-4-7-5-11(16-2)8(13)6-9(7)14-10/h5-6H,3-4,13H2,1-2H3. The number of benzene rings is 1. The molecule has 0 unspecified atom stereocenters. The van der Waals surface area contributed by atoms with Gasteiger partial charge in [0, 0.05) is 6.42 Å². The van der Waals surface area contributed by atoms with Crippen LogP contribution in [0.3, 0.4) is 0 Å². The van der Waals surface area contributed by atoms with Crippen molar-refractivity contribution >= 4 is 23.1 Å². The van der Waals surface area contributed by atoms with Crippen molar-refractivity contribution in [2.75, 3.05) is 19.5 Å². The van der Waals surface area contributed by atoms with Crippen molar-refractivity contribution in [3.8, 4) is 5.75 Å². The van der Waals surface area contributed by atoms with Crippen LogP contribution in [0, 0.1) is 0 Å². The van der Waals surface area contributed by atoms with Crippen molar-refractivity contribution < 1.29 is 14.3 Å². The number of carbonyl (C=O) groups excluding carboxylic acids is 1. The molecule has 0 saturated carbocycles. The molecule has 2 N–H and O–H groups in total.